The maximum atomic E-state index is 12.5. The standard InChI is InChI=1S/C10H18O/c11-10-8-6-4-2-1-3-5-7-9-10/h1-9H2/i1D2,2D2,3D2,4D2,5D2,6D2,7D2,8D2,9D2. The van der Waals surface area contributed by atoms with Crippen molar-refractivity contribution in [1.82, 2.24) is 0 Å². The summed E-state index contributed by atoms with van der Waals surface area (Å²) in [6.45, 7) is 0. The van der Waals surface area contributed by atoms with Crippen LogP contribution < -0.4 is 0 Å². The minimum Gasteiger partial charge on any atom is -0.300 e. The second-order valence-corrected chi connectivity index (χ2v) is 1.45. The molecule has 1 rings (SSSR count). The lowest BCUT2D eigenvalue weighted by atomic mass is 10.0. The topological polar surface area (TPSA) is 17.1 Å². The fourth-order valence-corrected chi connectivity index (χ4v) is 0.364. The van der Waals surface area contributed by atoms with Gasteiger partial charge in [0, 0.05) is 37.4 Å². The largest absolute Gasteiger partial charge is 0.300 e. The van der Waals surface area contributed by atoms with Crippen molar-refractivity contribution in [2.45, 2.75) is 57.4 Å². The average Bonchev–Trinajstić information content (AvgIpc) is 2.51. The normalized spacial score (nSPS) is 88.5. The van der Waals surface area contributed by atoms with Gasteiger partial charge in [-0.25, -0.2) is 0 Å². The van der Waals surface area contributed by atoms with Gasteiger partial charge in [0.1, 0.15) is 5.78 Å². The molecule has 1 fully saturated rings. The molecule has 1 aliphatic rings. The summed E-state index contributed by atoms with van der Waals surface area (Å²) < 4.78 is 139. The van der Waals surface area contributed by atoms with Gasteiger partial charge in [-0.3, -0.25) is 4.79 Å². The van der Waals surface area contributed by atoms with Crippen LogP contribution in [0, 0.1) is 0 Å². The Bertz CT molecular complexity index is 645. The SMILES string of the molecule is [2H]C1([2H])C(=O)C([2H])([2H])C([2H])([2H])C([2H])([2H])C([2H])([2H])C([2H])([2H])C([2H])([2H])C([2H])([2H])C1([2H])[2H]. The molecule has 64 valence electrons. The molecule has 1 aliphatic carbocycles. The van der Waals surface area contributed by atoms with Gasteiger partial charge in [-0.2, -0.15) is 0 Å². The maximum absolute atomic E-state index is 12.5. The van der Waals surface area contributed by atoms with Crippen LogP contribution in [0.1, 0.15) is 82.0 Å². The maximum Gasteiger partial charge on any atom is 0.132 e. The number of Topliss-reactive ketones (excluding diaryl/α,β-unsaturated/α-hetero) is 1. The lowest BCUT2D eigenvalue weighted by Gasteiger charge is -2.05. The Labute approximate surface area is 94.5 Å². The van der Waals surface area contributed by atoms with Gasteiger partial charge in [-0.1, -0.05) is 31.9 Å². The Kier molecular flexibility index (Phi) is 0.589. The Morgan fingerprint density at radius 3 is 1.64 bits per heavy atom. The number of hydrogen-bond donors (Lipinski definition) is 0. The van der Waals surface area contributed by atoms with E-state index in [0.717, 1.165) is 0 Å². The molecule has 0 amide bonds. The number of rotatable bonds is 0. The highest BCUT2D eigenvalue weighted by molar-refractivity contribution is 5.78. The van der Waals surface area contributed by atoms with Gasteiger partial charge in [0.15, 0.2) is 0 Å². The first-order valence-electron chi connectivity index (χ1n) is 11.7. The molecular weight excluding hydrogens is 136 g/mol. The fourth-order valence-electron chi connectivity index (χ4n) is 0.364. The molecule has 0 N–H and O–H groups in total. The molecule has 0 aromatic carbocycles. The van der Waals surface area contributed by atoms with Crippen LogP contribution in [-0.4, -0.2) is 5.78 Å². The van der Waals surface area contributed by atoms with E-state index in [1.165, 1.54) is 0 Å². The Balaban J connectivity index is 4.26. The Morgan fingerprint density at radius 2 is 1.18 bits per heavy atom. The molecule has 0 atom stereocenters. The second-order valence-electron chi connectivity index (χ2n) is 1.45. The van der Waals surface area contributed by atoms with Crippen molar-refractivity contribution in [3.63, 3.8) is 0 Å². The summed E-state index contributed by atoms with van der Waals surface area (Å²) in [7, 11) is 0. The lowest BCUT2D eigenvalue weighted by Crippen LogP contribution is -1.99. The number of carbonyl (C=O) groups excluding carboxylic acids is 1. The summed E-state index contributed by atoms with van der Waals surface area (Å²) in [5, 5.41) is 0. The quantitative estimate of drug-likeness (QED) is 0.549. The van der Waals surface area contributed by atoms with Gasteiger partial charge in [-0.15, -0.1) is 0 Å². The van der Waals surface area contributed by atoms with Crippen LogP contribution in [0.25, 0.3) is 0 Å². The molecule has 0 aromatic rings. The molecule has 0 heterocycles. The van der Waals surface area contributed by atoms with E-state index in [2.05, 4.69) is 0 Å². The van der Waals surface area contributed by atoms with Crippen molar-refractivity contribution < 1.29 is 29.5 Å². The first kappa shape index (κ1) is 1.21. The van der Waals surface area contributed by atoms with E-state index < -0.39 is 63.1 Å². The molecule has 1 saturated carbocycles. The van der Waals surface area contributed by atoms with Crippen molar-refractivity contribution in [3.05, 3.63) is 0 Å². The van der Waals surface area contributed by atoms with Crippen LogP contribution in [0.5, 0.6) is 0 Å². The zero-order valence-electron chi connectivity index (χ0n) is 23.4. The Morgan fingerprint density at radius 1 is 0.818 bits per heavy atom. The predicted molar refractivity (Wildman–Crippen MR) is 46.6 cm³/mol. The molecule has 0 unspecified atom stereocenters. The predicted octanol–water partition coefficient (Wildman–Crippen LogP) is 3.08. The van der Waals surface area contributed by atoms with Gasteiger partial charge in [0.25, 0.3) is 0 Å². The molecule has 11 heavy (non-hydrogen) atoms. The van der Waals surface area contributed by atoms with Crippen LogP contribution in [0.2, 0.25) is 0 Å². The minimum atomic E-state index is -4.37. The van der Waals surface area contributed by atoms with Crippen molar-refractivity contribution in [1.29, 1.82) is 0 Å². The van der Waals surface area contributed by atoms with E-state index in [-0.39, 0.29) is 0 Å². The first-order chi connectivity index (χ1) is 12.2. The van der Waals surface area contributed by atoms with Crippen molar-refractivity contribution in [3.8, 4) is 0 Å². The molecule has 1 nitrogen and oxygen atoms in total. The smallest absolute Gasteiger partial charge is 0.132 e. The Hall–Kier alpha value is -0.330. The summed E-state index contributed by atoms with van der Waals surface area (Å²) in [5.74, 6) is -2.62. The lowest BCUT2D eigenvalue weighted by molar-refractivity contribution is -0.119. The highest BCUT2D eigenvalue weighted by Crippen LogP contribution is 2.13. The van der Waals surface area contributed by atoms with Crippen molar-refractivity contribution >= 4 is 5.78 Å². The summed E-state index contributed by atoms with van der Waals surface area (Å²) in [5.41, 5.74) is 0. The zero-order chi connectivity index (χ0) is 24.1. The molecule has 0 aromatic heterocycles. The summed E-state index contributed by atoms with van der Waals surface area (Å²) in [6, 6.07) is 0. The van der Waals surface area contributed by atoms with Crippen LogP contribution in [0.3, 0.4) is 0 Å². The van der Waals surface area contributed by atoms with E-state index in [0.29, 0.717) is 0 Å². The van der Waals surface area contributed by atoms with Crippen LogP contribution >= 0.6 is 0 Å². The van der Waals surface area contributed by atoms with Crippen molar-refractivity contribution in [2.75, 3.05) is 0 Å². The summed E-state index contributed by atoms with van der Waals surface area (Å²) in [6.07, 6.45) is -39.1. The highest BCUT2D eigenvalue weighted by atomic mass is 16.1. The van der Waals surface area contributed by atoms with Gasteiger partial charge in [0.2, 0.25) is 0 Å². The molecule has 0 radical (unpaired) electrons. The van der Waals surface area contributed by atoms with E-state index in [1.807, 2.05) is 0 Å². The average molecular weight is 172 g/mol. The molecule has 1 heteroatoms. The summed E-state index contributed by atoms with van der Waals surface area (Å²) >= 11 is 0. The zero-order valence-corrected chi connectivity index (χ0v) is 5.41. The molecule has 0 bridgehead atoms. The van der Waals surface area contributed by atoms with Gasteiger partial charge in [-0.05, 0) is 12.7 Å². The van der Waals surface area contributed by atoms with Crippen molar-refractivity contribution in [2.24, 2.45) is 0 Å². The highest BCUT2D eigenvalue weighted by Gasteiger charge is 2.03. The van der Waals surface area contributed by atoms with E-state index in [4.69, 9.17) is 24.7 Å². The third-order valence-electron chi connectivity index (χ3n) is 0.727. The van der Waals surface area contributed by atoms with Gasteiger partial charge < -0.3 is 0 Å². The van der Waals surface area contributed by atoms with Crippen LogP contribution in [0.4, 0.5) is 0 Å². The molecule has 0 spiro atoms. The third kappa shape index (κ3) is 4.18. The third-order valence-corrected chi connectivity index (χ3v) is 0.727. The minimum absolute atomic E-state index is 2.62. The van der Waals surface area contributed by atoms with Crippen LogP contribution in [0.15, 0.2) is 0 Å². The number of hydrogen-bond acceptors (Lipinski definition) is 1. The van der Waals surface area contributed by atoms with E-state index >= 15 is 0 Å². The number of ketones is 1. The van der Waals surface area contributed by atoms with E-state index in [9.17, 15) is 4.79 Å². The molecule has 0 saturated heterocycles. The fraction of sp³-hybridized carbons (Fsp3) is 0.900. The summed E-state index contributed by atoms with van der Waals surface area (Å²) in [4.78, 5) is 12.5. The molecule has 0 aliphatic heterocycles. The first-order valence-corrected chi connectivity index (χ1v) is 2.70. The van der Waals surface area contributed by atoms with Crippen LogP contribution in [-0.2, 0) is 4.79 Å². The molecular formula is C10H18O. The second kappa shape index (κ2) is 5.34. The van der Waals surface area contributed by atoms with Gasteiger partial charge >= 0.3 is 0 Å². The monoisotopic (exact) mass is 172 g/mol. The van der Waals surface area contributed by atoms with E-state index in [1.54, 1.807) is 0 Å². The van der Waals surface area contributed by atoms with Gasteiger partial charge in [0.05, 0.1) is 0 Å². The number of carbonyl (C=O) groups is 1.